The summed E-state index contributed by atoms with van der Waals surface area (Å²) in [4.78, 5) is 34.6. The van der Waals surface area contributed by atoms with Gasteiger partial charge in [0, 0.05) is 5.92 Å². The van der Waals surface area contributed by atoms with Gasteiger partial charge in [-0.1, -0.05) is 48.5 Å². The minimum atomic E-state index is -1.30. The average molecular weight is 369 g/mol. The molecule has 1 atom stereocenters. The first-order chi connectivity index (χ1) is 13.0. The minimum Gasteiger partial charge on any atom is -0.481 e. The maximum absolute atomic E-state index is 12.1. The fourth-order valence-corrected chi connectivity index (χ4v) is 3.29. The van der Waals surface area contributed by atoms with E-state index >= 15 is 0 Å². The summed E-state index contributed by atoms with van der Waals surface area (Å²) in [6.45, 7) is 0.0703. The third-order valence-electron chi connectivity index (χ3n) is 4.50. The number of carbonyl (C=O) groups is 3. The van der Waals surface area contributed by atoms with Gasteiger partial charge >= 0.3 is 18.0 Å². The summed E-state index contributed by atoms with van der Waals surface area (Å²) >= 11 is 0. The molecule has 0 bridgehead atoms. The summed E-state index contributed by atoms with van der Waals surface area (Å²) in [6.07, 6.45) is -1.45. The van der Waals surface area contributed by atoms with Crippen LogP contribution in [0.2, 0.25) is 0 Å². The van der Waals surface area contributed by atoms with Gasteiger partial charge in [0.15, 0.2) is 0 Å². The molecule has 1 aliphatic carbocycles. The first kappa shape index (κ1) is 18.4. The molecule has 0 spiro atoms. The second-order valence-electron chi connectivity index (χ2n) is 6.14. The van der Waals surface area contributed by atoms with E-state index in [1.165, 1.54) is 0 Å². The number of nitrogens with one attached hydrogen (secondary N) is 1. The van der Waals surface area contributed by atoms with E-state index in [1.54, 1.807) is 0 Å². The lowest BCUT2D eigenvalue weighted by molar-refractivity contribution is -0.148. The molecule has 0 aliphatic heterocycles. The Bertz CT molecular complexity index is 833. The summed E-state index contributed by atoms with van der Waals surface area (Å²) in [6, 6.07) is 14.5. The van der Waals surface area contributed by atoms with Crippen molar-refractivity contribution in [2.75, 3.05) is 13.7 Å². The van der Waals surface area contributed by atoms with Gasteiger partial charge in [0.25, 0.3) is 0 Å². The molecule has 2 N–H and O–H groups in total. The van der Waals surface area contributed by atoms with Gasteiger partial charge in [0.1, 0.15) is 12.6 Å². The van der Waals surface area contributed by atoms with Crippen molar-refractivity contribution in [3.63, 3.8) is 0 Å². The first-order valence-corrected chi connectivity index (χ1v) is 8.42. The molecule has 3 rings (SSSR count). The van der Waals surface area contributed by atoms with Crippen molar-refractivity contribution < 1.29 is 29.0 Å². The highest BCUT2D eigenvalue weighted by Gasteiger charge is 2.30. The molecule has 27 heavy (non-hydrogen) atoms. The molecular weight excluding hydrogens is 350 g/mol. The fraction of sp³-hybridized carbons (Fsp3) is 0.250. The molecule has 0 saturated carbocycles. The average Bonchev–Trinajstić information content (AvgIpc) is 2.99. The highest BCUT2D eigenvalue weighted by molar-refractivity contribution is 5.85. The van der Waals surface area contributed by atoms with Crippen LogP contribution >= 0.6 is 0 Å². The lowest BCUT2D eigenvalue weighted by Crippen LogP contribution is -2.43. The van der Waals surface area contributed by atoms with Crippen LogP contribution < -0.4 is 5.32 Å². The van der Waals surface area contributed by atoms with Gasteiger partial charge in [0.2, 0.25) is 0 Å². The third-order valence-corrected chi connectivity index (χ3v) is 4.50. The molecule has 0 radical (unpaired) electrons. The molecule has 2 aromatic rings. The molecule has 7 heteroatoms. The van der Waals surface area contributed by atoms with Crippen LogP contribution in [0.15, 0.2) is 48.5 Å². The van der Waals surface area contributed by atoms with Gasteiger partial charge < -0.3 is 19.9 Å². The van der Waals surface area contributed by atoms with Gasteiger partial charge in [-0.3, -0.25) is 4.79 Å². The number of carboxylic acids is 1. The number of hydrogen-bond acceptors (Lipinski definition) is 5. The van der Waals surface area contributed by atoms with Crippen LogP contribution in [-0.4, -0.2) is 42.9 Å². The molecular formula is C20H19NO6. The molecule has 0 heterocycles. The summed E-state index contributed by atoms with van der Waals surface area (Å²) in [5.41, 5.74) is 4.31. The molecule has 140 valence electrons. The van der Waals surface area contributed by atoms with E-state index in [4.69, 9.17) is 9.84 Å². The number of benzene rings is 2. The van der Waals surface area contributed by atoms with Crippen LogP contribution in [0.5, 0.6) is 0 Å². The standard InChI is InChI=1S/C20H19NO6/c1-26-19(24)17(10-18(22)23)21-20(25)27-11-16-14-8-4-2-6-12(14)13-7-3-5-9-15(13)16/h2-9,16-17H,10-11H2,1H3,(H,21,25)(H,22,23)/t17-/m1/s1. The van der Waals surface area contributed by atoms with E-state index in [2.05, 4.69) is 10.1 Å². The smallest absolute Gasteiger partial charge is 0.407 e. The highest BCUT2D eigenvalue weighted by Crippen LogP contribution is 2.44. The predicted octanol–water partition coefficient (Wildman–Crippen LogP) is 2.54. The summed E-state index contributed by atoms with van der Waals surface area (Å²) in [7, 11) is 1.12. The van der Waals surface area contributed by atoms with Gasteiger partial charge in [-0.05, 0) is 22.3 Å². The van der Waals surface area contributed by atoms with Crippen molar-refractivity contribution in [3.05, 3.63) is 59.7 Å². The van der Waals surface area contributed by atoms with Crippen molar-refractivity contribution in [2.45, 2.75) is 18.4 Å². The van der Waals surface area contributed by atoms with Crippen LogP contribution in [0.1, 0.15) is 23.5 Å². The number of amides is 1. The van der Waals surface area contributed by atoms with Crippen molar-refractivity contribution in [1.82, 2.24) is 5.32 Å². The quantitative estimate of drug-likeness (QED) is 0.759. The van der Waals surface area contributed by atoms with E-state index < -0.39 is 30.5 Å². The van der Waals surface area contributed by atoms with Crippen LogP contribution in [0.4, 0.5) is 4.79 Å². The van der Waals surface area contributed by atoms with E-state index in [1.807, 2.05) is 48.5 Å². The lowest BCUT2D eigenvalue weighted by Gasteiger charge is -2.17. The molecule has 7 nitrogen and oxygen atoms in total. The number of esters is 1. The minimum absolute atomic E-state index is 0.0703. The summed E-state index contributed by atoms with van der Waals surface area (Å²) in [5.74, 6) is -2.20. The van der Waals surface area contributed by atoms with Gasteiger partial charge in [-0.15, -0.1) is 0 Å². The van der Waals surface area contributed by atoms with Crippen molar-refractivity contribution in [3.8, 4) is 11.1 Å². The van der Waals surface area contributed by atoms with Crippen molar-refractivity contribution in [2.24, 2.45) is 0 Å². The second-order valence-corrected chi connectivity index (χ2v) is 6.14. The highest BCUT2D eigenvalue weighted by atomic mass is 16.6. The molecule has 1 aliphatic rings. The molecule has 2 aromatic carbocycles. The Balaban J connectivity index is 1.70. The number of carboxylic acid groups (broad SMARTS) is 1. The SMILES string of the molecule is COC(=O)[C@@H](CC(=O)O)NC(=O)OCC1c2ccccc2-c2ccccc21. The normalized spacial score (nSPS) is 13.2. The zero-order valence-electron chi connectivity index (χ0n) is 14.7. The number of rotatable bonds is 6. The number of alkyl carbamates (subject to hydrolysis) is 1. The van der Waals surface area contributed by atoms with Gasteiger partial charge in [-0.2, -0.15) is 0 Å². The molecule has 0 aromatic heterocycles. The number of hydrogen-bond donors (Lipinski definition) is 2. The van der Waals surface area contributed by atoms with Gasteiger partial charge in [0.05, 0.1) is 13.5 Å². The first-order valence-electron chi connectivity index (χ1n) is 8.42. The topological polar surface area (TPSA) is 102 Å². The monoisotopic (exact) mass is 369 g/mol. The van der Waals surface area contributed by atoms with Crippen molar-refractivity contribution >= 4 is 18.0 Å². The Morgan fingerprint density at radius 1 is 1.04 bits per heavy atom. The summed E-state index contributed by atoms with van der Waals surface area (Å²) < 4.78 is 9.81. The Morgan fingerprint density at radius 2 is 1.59 bits per heavy atom. The molecule has 0 fully saturated rings. The fourth-order valence-electron chi connectivity index (χ4n) is 3.29. The van der Waals surface area contributed by atoms with Crippen LogP contribution in [0, 0.1) is 0 Å². The number of carbonyl (C=O) groups excluding carboxylic acids is 2. The van der Waals surface area contributed by atoms with Crippen molar-refractivity contribution in [1.29, 1.82) is 0 Å². The van der Waals surface area contributed by atoms with E-state index in [-0.39, 0.29) is 12.5 Å². The second kappa shape index (κ2) is 7.90. The Kier molecular flexibility index (Phi) is 5.40. The molecule has 0 saturated heterocycles. The van der Waals surface area contributed by atoms with Crippen LogP contribution in [-0.2, 0) is 19.1 Å². The zero-order chi connectivity index (χ0) is 19.4. The Labute approximate surface area is 155 Å². The number of fused-ring (bicyclic) bond motifs is 3. The lowest BCUT2D eigenvalue weighted by atomic mass is 9.98. The number of methoxy groups -OCH3 is 1. The zero-order valence-corrected chi connectivity index (χ0v) is 14.7. The maximum Gasteiger partial charge on any atom is 0.407 e. The Morgan fingerprint density at radius 3 is 2.11 bits per heavy atom. The van der Waals surface area contributed by atoms with Gasteiger partial charge in [-0.25, -0.2) is 9.59 Å². The molecule has 0 unspecified atom stereocenters. The van der Waals surface area contributed by atoms with E-state index in [0.29, 0.717) is 0 Å². The largest absolute Gasteiger partial charge is 0.481 e. The summed E-state index contributed by atoms with van der Waals surface area (Å²) in [5, 5.41) is 11.1. The van der Waals surface area contributed by atoms with E-state index in [9.17, 15) is 14.4 Å². The maximum atomic E-state index is 12.1. The van der Waals surface area contributed by atoms with Crippen LogP contribution in [0.25, 0.3) is 11.1 Å². The number of ether oxygens (including phenoxy) is 2. The van der Waals surface area contributed by atoms with Crippen LogP contribution in [0.3, 0.4) is 0 Å². The third kappa shape index (κ3) is 3.92. The Hall–Kier alpha value is -3.35. The number of aliphatic carboxylic acids is 1. The molecule has 1 amide bonds. The van der Waals surface area contributed by atoms with E-state index in [0.717, 1.165) is 29.4 Å². The predicted molar refractivity (Wildman–Crippen MR) is 96.3 cm³/mol.